The number of hydrazine groups is 1. The van der Waals surface area contributed by atoms with Gasteiger partial charge in [0.2, 0.25) is 6.29 Å². The molecule has 3 aliphatic rings. The Bertz CT molecular complexity index is 1210. The molecule has 3 aliphatic heterocycles. The fourth-order valence-electron chi connectivity index (χ4n) is 4.43. The first kappa shape index (κ1) is 19.2. The summed E-state index contributed by atoms with van der Waals surface area (Å²) in [6.07, 6.45) is 1.67. The van der Waals surface area contributed by atoms with E-state index < -0.39 is 6.29 Å². The van der Waals surface area contributed by atoms with Gasteiger partial charge in [-0.1, -0.05) is 17.3 Å². The summed E-state index contributed by atoms with van der Waals surface area (Å²) in [5.41, 5.74) is 6.59. The predicted octanol–water partition coefficient (Wildman–Crippen LogP) is 1.98. The number of benzene rings is 2. The third-order valence-electron chi connectivity index (χ3n) is 5.96. The van der Waals surface area contributed by atoms with E-state index in [1.54, 1.807) is 11.2 Å². The molecule has 4 heterocycles. The minimum atomic E-state index is -0.435. The van der Waals surface area contributed by atoms with E-state index in [1.807, 2.05) is 17.0 Å². The summed E-state index contributed by atoms with van der Waals surface area (Å²) in [7, 11) is 0. The molecule has 11 nitrogen and oxygen atoms in total. The lowest BCUT2D eigenvalue weighted by atomic mass is 10.1. The lowest BCUT2D eigenvalue weighted by molar-refractivity contribution is -0.384. The van der Waals surface area contributed by atoms with Gasteiger partial charge in [0.05, 0.1) is 22.4 Å². The van der Waals surface area contributed by atoms with Crippen molar-refractivity contribution in [3.63, 3.8) is 0 Å². The molecule has 2 aromatic carbocycles. The number of nitro groups is 1. The van der Waals surface area contributed by atoms with E-state index in [1.165, 1.54) is 12.4 Å². The summed E-state index contributed by atoms with van der Waals surface area (Å²) in [5, 5.41) is 17.3. The Balaban J connectivity index is 1.36. The highest BCUT2D eigenvalue weighted by atomic mass is 16.8. The van der Waals surface area contributed by atoms with E-state index in [0.29, 0.717) is 48.5 Å². The van der Waals surface area contributed by atoms with Crippen LogP contribution in [-0.2, 0) is 17.8 Å². The first-order valence-electron chi connectivity index (χ1n) is 10.5. The largest absolute Gasteiger partial charge is 0.463 e. The summed E-state index contributed by atoms with van der Waals surface area (Å²) < 4.78 is 5.83. The normalized spacial score (nSPS) is 20.1. The molecule has 1 saturated heterocycles. The molecule has 1 aromatic heterocycles. The van der Waals surface area contributed by atoms with Crippen molar-refractivity contribution in [3.8, 4) is 5.75 Å². The van der Waals surface area contributed by atoms with Gasteiger partial charge in [-0.05, 0) is 17.7 Å². The van der Waals surface area contributed by atoms with Crippen molar-refractivity contribution in [1.29, 1.82) is 0 Å². The SMILES string of the molecule is O=[N+]([O-])c1cc2c(NN3Cc4ccc5c(c4)CC(O5)O3)ncnc2cc1N1CCNCC1. The van der Waals surface area contributed by atoms with Crippen molar-refractivity contribution >= 4 is 28.1 Å². The second-order valence-corrected chi connectivity index (χ2v) is 8.02. The molecule has 3 bridgehead atoms. The smallest absolute Gasteiger partial charge is 0.293 e. The van der Waals surface area contributed by atoms with Crippen LogP contribution in [0, 0.1) is 10.1 Å². The molecule has 0 saturated carbocycles. The molecule has 0 amide bonds. The van der Waals surface area contributed by atoms with E-state index in [4.69, 9.17) is 9.57 Å². The van der Waals surface area contributed by atoms with Gasteiger partial charge in [-0.25, -0.2) is 14.8 Å². The maximum absolute atomic E-state index is 11.9. The van der Waals surface area contributed by atoms with Crippen molar-refractivity contribution in [1.82, 2.24) is 20.5 Å². The number of fused-ring (bicyclic) bond motifs is 3. The molecule has 1 unspecified atom stereocenters. The zero-order chi connectivity index (χ0) is 21.7. The van der Waals surface area contributed by atoms with Crippen LogP contribution in [-0.4, -0.2) is 52.5 Å². The zero-order valence-electron chi connectivity index (χ0n) is 17.2. The first-order chi connectivity index (χ1) is 15.6. The number of nitrogens with one attached hydrogen (secondary N) is 2. The molecule has 6 rings (SSSR count). The van der Waals surface area contributed by atoms with E-state index in [2.05, 4.69) is 26.8 Å². The average Bonchev–Trinajstić information content (AvgIpc) is 3.24. The van der Waals surface area contributed by atoms with Gasteiger partial charge in [0.25, 0.3) is 5.69 Å². The molecule has 0 spiro atoms. The fourth-order valence-corrected chi connectivity index (χ4v) is 4.43. The predicted molar refractivity (Wildman–Crippen MR) is 116 cm³/mol. The maximum atomic E-state index is 11.9. The Labute approximate surface area is 183 Å². The molecular weight excluding hydrogens is 414 g/mol. The number of nitro benzene ring substituents is 1. The van der Waals surface area contributed by atoms with Gasteiger partial charge in [0.1, 0.15) is 17.8 Å². The minimum absolute atomic E-state index is 0.0323. The van der Waals surface area contributed by atoms with Crippen molar-refractivity contribution in [2.75, 3.05) is 36.5 Å². The first-order valence-corrected chi connectivity index (χ1v) is 10.5. The van der Waals surface area contributed by atoms with Crippen molar-refractivity contribution < 1.29 is 14.5 Å². The van der Waals surface area contributed by atoms with Gasteiger partial charge in [-0.15, -0.1) is 0 Å². The summed E-state index contributed by atoms with van der Waals surface area (Å²) in [4.78, 5) is 28.3. The van der Waals surface area contributed by atoms with Crippen LogP contribution >= 0.6 is 0 Å². The van der Waals surface area contributed by atoms with E-state index in [0.717, 1.165) is 30.0 Å². The van der Waals surface area contributed by atoms with Crippen molar-refractivity contribution in [3.05, 3.63) is 57.9 Å². The third-order valence-corrected chi connectivity index (χ3v) is 5.96. The molecule has 1 atom stereocenters. The van der Waals surface area contributed by atoms with E-state index >= 15 is 0 Å². The highest BCUT2D eigenvalue weighted by Crippen LogP contribution is 2.36. The summed E-state index contributed by atoms with van der Waals surface area (Å²) in [6, 6.07) is 9.36. The standard InChI is InChI=1S/C21H21N7O4/c29-28(30)18-9-15-16(10-17(18)26-5-3-22-4-6-26)23-12-24-21(15)25-27-11-13-1-2-19-14(7-13)8-20(31-19)32-27/h1-2,7,9-10,12,20,22H,3-6,8,11H2,(H,23,24,25). The Hall–Kier alpha value is -3.54. The Kier molecular flexibility index (Phi) is 4.52. The van der Waals surface area contributed by atoms with Crippen LogP contribution in [0.2, 0.25) is 0 Å². The van der Waals surface area contributed by atoms with Crippen molar-refractivity contribution in [2.45, 2.75) is 19.3 Å². The van der Waals surface area contributed by atoms with Gasteiger partial charge in [0, 0.05) is 44.2 Å². The molecule has 32 heavy (non-hydrogen) atoms. The number of piperazine rings is 1. The monoisotopic (exact) mass is 435 g/mol. The lowest BCUT2D eigenvalue weighted by Gasteiger charge is -2.29. The van der Waals surface area contributed by atoms with Crippen LogP contribution in [0.25, 0.3) is 10.9 Å². The Morgan fingerprint density at radius 1 is 1.19 bits per heavy atom. The van der Waals surface area contributed by atoms with E-state index in [9.17, 15) is 10.1 Å². The molecule has 0 aliphatic carbocycles. The van der Waals surface area contributed by atoms with Gasteiger partial charge in [-0.3, -0.25) is 15.5 Å². The van der Waals surface area contributed by atoms with Crippen molar-refractivity contribution in [2.24, 2.45) is 0 Å². The molecule has 164 valence electrons. The number of hydroxylamine groups is 1. The highest BCUT2D eigenvalue weighted by Gasteiger charge is 2.30. The molecule has 1 fully saturated rings. The molecular formula is C21H21N7O4. The number of hydrogen-bond donors (Lipinski definition) is 2. The minimum Gasteiger partial charge on any atom is -0.463 e. The number of aromatic nitrogens is 2. The van der Waals surface area contributed by atoms with Crippen LogP contribution in [0.1, 0.15) is 11.1 Å². The number of hydrogen-bond acceptors (Lipinski definition) is 10. The third kappa shape index (κ3) is 3.36. The summed E-state index contributed by atoms with van der Waals surface area (Å²) in [6.45, 7) is 3.42. The lowest BCUT2D eigenvalue weighted by Crippen LogP contribution is -2.43. The Morgan fingerprint density at radius 3 is 2.91 bits per heavy atom. The highest BCUT2D eigenvalue weighted by molar-refractivity contribution is 5.94. The second-order valence-electron chi connectivity index (χ2n) is 8.02. The van der Waals surface area contributed by atoms with Gasteiger partial charge in [-0.2, -0.15) is 0 Å². The van der Waals surface area contributed by atoms with Crippen LogP contribution < -0.4 is 20.4 Å². The number of rotatable bonds is 4. The molecule has 3 aromatic rings. The molecule has 0 radical (unpaired) electrons. The van der Waals surface area contributed by atoms with Gasteiger partial charge < -0.3 is 15.0 Å². The number of anilines is 2. The van der Waals surface area contributed by atoms with Crippen LogP contribution in [0.15, 0.2) is 36.7 Å². The second kappa shape index (κ2) is 7.55. The van der Waals surface area contributed by atoms with Gasteiger partial charge >= 0.3 is 0 Å². The molecule has 2 N–H and O–H groups in total. The topological polar surface area (TPSA) is 118 Å². The summed E-state index contributed by atoms with van der Waals surface area (Å²) >= 11 is 0. The van der Waals surface area contributed by atoms with Crippen LogP contribution in [0.4, 0.5) is 17.2 Å². The van der Waals surface area contributed by atoms with Gasteiger partial charge in [0.15, 0.2) is 5.82 Å². The zero-order valence-corrected chi connectivity index (χ0v) is 17.2. The Morgan fingerprint density at radius 2 is 2.06 bits per heavy atom. The maximum Gasteiger partial charge on any atom is 0.293 e. The quantitative estimate of drug-likeness (QED) is 0.465. The number of nitrogens with zero attached hydrogens (tertiary/aromatic N) is 5. The van der Waals surface area contributed by atoms with Crippen LogP contribution in [0.5, 0.6) is 5.75 Å². The number of ether oxygens (including phenoxy) is 1. The molecule has 11 heteroatoms. The average molecular weight is 435 g/mol. The van der Waals surface area contributed by atoms with E-state index in [-0.39, 0.29) is 10.6 Å². The van der Waals surface area contributed by atoms with Crippen LogP contribution in [0.3, 0.4) is 0 Å². The summed E-state index contributed by atoms with van der Waals surface area (Å²) in [5.74, 6) is 1.27. The fraction of sp³-hybridized carbons (Fsp3) is 0.333.